The van der Waals surface area contributed by atoms with Crippen molar-refractivity contribution >= 4 is 33.8 Å². The predicted molar refractivity (Wildman–Crippen MR) is 94.6 cm³/mol. The van der Waals surface area contributed by atoms with E-state index in [9.17, 15) is 4.79 Å². The number of amides is 1. The number of nitrogens with one attached hydrogen (secondary N) is 1. The van der Waals surface area contributed by atoms with Crippen LogP contribution in [0.1, 0.15) is 18.7 Å². The van der Waals surface area contributed by atoms with E-state index in [0.29, 0.717) is 11.4 Å². The third kappa shape index (κ3) is 3.02. The Morgan fingerprint density at radius 1 is 1.24 bits per heavy atom. The zero-order valence-electron chi connectivity index (χ0n) is 13.9. The monoisotopic (exact) mass is 340 g/mol. The van der Waals surface area contributed by atoms with Crippen LogP contribution >= 0.6 is 0 Å². The van der Waals surface area contributed by atoms with E-state index in [4.69, 9.17) is 9.52 Å². The Kier molecular flexibility index (Phi) is 4.23. The van der Waals surface area contributed by atoms with Crippen molar-refractivity contribution in [2.24, 2.45) is 0 Å². The number of furan rings is 1. The second-order valence-electron chi connectivity index (χ2n) is 6.18. The maximum Gasteiger partial charge on any atom is 0.227 e. The molecule has 0 radical (unpaired) electrons. The first-order valence-corrected chi connectivity index (χ1v) is 8.57. The molecule has 0 bridgehead atoms. The van der Waals surface area contributed by atoms with Gasteiger partial charge in [-0.15, -0.1) is 0 Å². The van der Waals surface area contributed by atoms with Gasteiger partial charge in [0.1, 0.15) is 16.9 Å². The lowest BCUT2D eigenvalue weighted by molar-refractivity contribution is -0.120. The second kappa shape index (κ2) is 6.68. The number of para-hydroxylation sites is 1. The minimum Gasteiger partial charge on any atom is -0.450 e. The van der Waals surface area contributed by atoms with Crippen molar-refractivity contribution in [3.8, 4) is 0 Å². The maximum absolute atomic E-state index is 12.0. The Balaban J connectivity index is 1.80. The molecule has 1 aromatic carbocycles. The number of nitrogens with zero attached hydrogens (tertiary/aromatic N) is 3. The molecule has 130 valence electrons. The molecule has 25 heavy (non-hydrogen) atoms. The summed E-state index contributed by atoms with van der Waals surface area (Å²) in [6.45, 7) is 2.00. The summed E-state index contributed by atoms with van der Waals surface area (Å²) in [5.41, 5.74) is 2.20. The summed E-state index contributed by atoms with van der Waals surface area (Å²) in [4.78, 5) is 23.4. The van der Waals surface area contributed by atoms with Gasteiger partial charge >= 0.3 is 0 Å². The second-order valence-corrected chi connectivity index (χ2v) is 6.18. The summed E-state index contributed by atoms with van der Waals surface area (Å²) in [5, 5.41) is 12.4. The molecule has 1 amide bonds. The molecule has 1 saturated heterocycles. The quantitative estimate of drug-likeness (QED) is 0.733. The van der Waals surface area contributed by atoms with Gasteiger partial charge in [-0.2, -0.15) is 0 Å². The fourth-order valence-electron chi connectivity index (χ4n) is 3.25. The van der Waals surface area contributed by atoms with Crippen LogP contribution in [0.4, 0.5) is 5.82 Å². The number of aliphatic hydroxyl groups is 1. The zero-order valence-corrected chi connectivity index (χ0v) is 13.9. The summed E-state index contributed by atoms with van der Waals surface area (Å²) >= 11 is 0. The highest BCUT2D eigenvalue weighted by Gasteiger charge is 2.23. The lowest BCUT2D eigenvalue weighted by atomic mass is 10.2. The number of fused-ring (bicyclic) bond motifs is 3. The van der Waals surface area contributed by atoms with E-state index < -0.39 is 0 Å². The van der Waals surface area contributed by atoms with Gasteiger partial charge in [-0.1, -0.05) is 12.1 Å². The molecule has 0 aliphatic carbocycles. The van der Waals surface area contributed by atoms with Crippen LogP contribution in [0.5, 0.6) is 0 Å². The first-order chi connectivity index (χ1) is 12.3. The van der Waals surface area contributed by atoms with Gasteiger partial charge in [0.15, 0.2) is 11.4 Å². The summed E-state index contributed by atoms with van der Waals surface area (Å²) in [5.74, 6) is 1.04. The molecule has 7 heteroatoms. The fourth-order valence-corrected chi connectivity index (χ4v) is 3.25. The number of carbonyl (C=O) groups is 1. The Labute approximate surface area is 144 Å². The average molecular weight is 340 g/mol. The van der Waals surface area contributed by atoms with Gasteiger partial charge in [0.2, 0.25) is 5.91 Å². The molecule has 4 rings (SSSR count). The van der Waals surface area contributed by atoms with E-state index in [2.05, 4.69) is 20.2 Å². The van der Waals surface area contributed by atoms with Crippen LogP contribution in [0.2, 0.25) is 0 Å². The molecule has 2 N–H and O–H groups in total. The van der Waals surface area contributed by atoms with Crippen molar-refractivity contribution in [3.63, 3.8) is 0 Å². The van der Waals surface area contributed by atoms with Gasteiger partial charge in [-0.25, -0.2) is 9.97 Å². The third-order valence-corrected chi connectivity index (χ3v) is 4.41. The zero-order chi connectivity index (χ0) is 17.2. The van der Waals surface area contributed by atoms with E-state index in [1.165, 1.54) is 0 Å². The molecule has 3 aromatic rings. The summed E-state index contributed by atoms with van der Waals surface area (Å²) < 4.78 is 6.02. The minimum absolute atomic E-state index is 0.0796. The number of carbonyl (C=O) groups excluding carboxylic acids is 1. The van der Waals surface area contributed by atoms with Gasteiger partial charge < -0.3 is 19.7 Å². The molecule has 7 nitrogen and oxygen atoms in total. The van der Waals surface area contributed by atoms with E-state index in [-0.39, 0.29) is 25.5 Å². The SMILES string of the molecule is O=C(Cc1nc(N2CCCC2)c2oc3ccccc3c2n1)NCCO. The Morgan fingerprint density at radius 2 is 2.04 bits per heavy atom. The van der Waals surface area contributed by atoms with Crippen LogP contribution in [0, 0.1) is 0 Å². The minimum atomic E-state index is -0.200. The summed E-state index contributed by atoms with van der Waals surface area (Å²) in [6.07, 6.45) is 2.33. The standard InChI is InChI=1S/C18H20N4O3/c23-10-7-19-15(24)11-14-20-16-12-5-1-2-6-13(12)25-17(16)18(21-14)22-8-3-4-9-22/h1-2,5-6,23H,3-4,7-11H2,(H,19,24). The number of rotatable bonds is 5. The Hall–Kier alpha value is -2.67. The summed E-state index contributed by atoms with van der Waals surface area (Å²) in [6, 6.07) is 7.76. The number of hydrogen-bond donors (Lipinski definition) is 2. The molecule has 0 spiro atoms. The van der Waals surface area contributed by atoms with Crippen molar-refractivity contribution in [2.45, 2.75) is 19.3 Å². The van der Waals surface area contributed by atoms with Gasteiger partial charge in [-0.3, -0.25) is 4.79 Å². The van der Waals surface area contributed by atoms with Crippen LogP contribution in [0.15, 0.2) is 28.7 Å². The van der Waals surface area contributed by atoms with Crippen molar-refractivity contribution < 1.29 is 14.3 Å². The first-order valence-electron chi connectivity index (χ1n) is 8.57. The molecular weight excluding hydrogens is 320 g/mol. The first kappa shape index (κ1) is 15.8. The van der Waals surface area contributed by atoms with E-state index in [0.717, 1.165) is 48.2 Å². The number of anilines is 1. The van der Waals surface area contributed by atoms with E-state index in [1.807, 2.05) is 24.3 Å². The Bertz CT molecular complexity index is 915. The summed E-state index contributed by atoms with van der Waals surface area (Å²) in [7, 11) is 0. The largest absolute Gasteiger partial charge is 0.450 e. The van der Waals surface area contributed by atoms with Crippen molar-refractivity contribution in [3.05, 3.63) is 30.1 Å². The predicted octanol–water partition coefficient (Wildman–Crippen LogP) is 1.63. The number of hydrogen-bond acceptors (Lipinski definition) is 6. The van der Waals surface area contributed by atoms with Crippen LogP contribution in [-0.2, 0) is 11.2 Å². The average Bonchev–Trinajstić information content (AvgIpc) is 3.27. The molecule has 0 atom stereocenters. The van der Waals surface area contributed by atoms with Gasteiger partial charge in [-0.05, 0) is 25.0 Å². The van der Waals surface area contributed by atoms with Crippen molar-refractivity contribution in [1.82, 2.24) is 15.3 Å². The highest BCUT2D eigenvalue weighted by Crippen LogP contribution is 2.34. The molecule has 1 aliphatic rings. The van der Waals surface area contributed by atoms with Crippen LogP contribution in [0.25, 0.3) is 22.1 Å². The Morgan fingerprint density at radius 3 is 2.84 bits per heavy atom. The van der Waals surface area contributed by atoms with Gasteiger partial charge in [0.05, 0.1) is 13.0 Å². The number of aliphatic hydroxyl groups excluding tert-OH is 1. The normalized spacial score (nSPS) is 14.5. The lowest BCUT2D eigenvalue weighted by Gasteiger charge is -2.17. The van der Waals surface area contributed by atoms with E-state index >= 15 is 0 Å². The van der Waals surface area contributed by atoms with Gasteiger partial charge in [0.25, 0.3) is 0 Å². The topological polar surface area (TPSA) is 91.5 Å². The molecule has 0 saturated carbocycles. The lowest BCUT2D eigenvalue weighted by Crippen LogP contribution is -2.29. The molecule has 1 fully saturated rings. The maximum atomic E-state index is 12.0. The van der Waals surface area contributed by atoms with Crippen molar-refractivity contribution in [2.75, 3.05) is 31.1 Å². The van der Waals surface area contributed by atoms with Gasteiger partial charge in [0, 0.05) is 25.0 Å². The van der Waals surface area contributed by atoms with Crippen LogP contribution < -0.4 is 10.2 Å². The number of benzene rings is 1. The molecule has 0 unspecified atom stereocenters. The highest BCUT2D eigenvalue weighted by atomic mass is 16.3. The third-order valence-electron chi connectivity index (χ3n) is 4.41. The van der Waals surface area contributed by atoms with Crippen LogP contribution in [0.3, 0.4) is 0 Å². The van der Waals surface area contributed by atoms with Crippen molar-refractivity contribution in [1.29, 1.82) is 0 Å². The number of aromatic nitrogens is 2. The van der Waals surface area contributed by atoms with E-state index in [1.54, 1.807) is 0 Å². The molecular formula is C18H20N4O3. The smallest absolute Gasteiger partial charge is 0.227 e. The highest BCUT2D eigenvalue weighted by molar-refractivity contribution is 6.05. The van der Waals surface area contributed by atoms with Crippen LogP contribution in [-0.4, -0.2) is 47.2 Å². The fraction of sp³-hybridized carbons (Fsp3) is 0.389. The molecule has 2 aromatic heterocycles. The molecule has 1 aliphatic heterocycles. The molecule has 3 heterocycles.